The van der Waals surface area contributed by atoms with E-state index in [2.05, 4.69) is 16.9 Å². The van der Waals surface area contributed by atoms with Gasteiger partial charge in [0.2, 0.25) is 0 Å². The Morgan fingerprint density at radius 3 is 2.29 bits per heavy atom. The molecule has 0 bridgehead atoms. The second kappa shape index (κ2) is 10.9. The Morgan fingerprint density at radius 2 is 1.64 bits per heavy atom. The molecule has 0 radical (unpaired) electrons. The number of benzene rings is 2. The zero-order valence-corrected chi connectivity index (χ0v) is 16.5. The summed E-state index contributed by atoms with van der Waals surface area (Å²) in [6, 6.07) is 18.1. The van der Waals surface area contributed by atoms with Gasteiger partial charge in [0.15, 0.2) is 5.78 Å². The third-order valence-electron chi connectivity index (χ3n) is 4.33. The van der Waals surface area contributed by atoms with Gasteiger partial charge in [-0.25, -0.2) is 0 Å². The van der Waals surface area contributed by atoms with Crippen LogP contribution in [0.2, 0.25) is 0 Å². The van der Waals surface area contributed by atoms with E-state index >= 15 is 0 Å². The van der Waals surface area contributed by atoms with Gasteiger partial charge in [0, 0.05) is 17.7 Å². The second-order valence-electron chi connectivity index (χ2n) is 6.33. The highest BCUT2D eigenvalue weighted by atomic mass is 16.5. The van der Waals surface area contributed by atoms with E-state index in [9.17, 15) is 9.59 Å². The Bertz CT molecular complexity index is 866. The number of aryl methyl sites for hydroxylation is 1. The monoisotopic (exact) mass is 377 g/mol. The molecule has 1 aliphatic carbocycles. The molecule has 3 rings (SSSR count). The van der Waals surface area contributed by atoms with Crippen LogP contribution in [0.5, 0.6) is 0 Å². The van der Waals surface area contributed by atoms with Crippen molar-refractivity contribution in [3.8, 4) is 0 Å². The number of ketones is 1. The molecule has 0 fully saturated rings. The molecule has 0 saturated carbocycles. The van der Waals surface area contributed by atoms with E-state index in [0.717, 1.165) is 17.5 Å². The lowest BCUT2D eigenvalue weighted by atomic mass is 9.89. The van der Waals surface area contributed by atoms with Gasteiger partial charge in [-0.15, -0.1) is 0 Å². The van der Waals surface area contributed by atoms with Crippen LogP contribution < -0.4 is 5.73 Å². The van der Waals surface area contributed by atoms with Gasteiger partial charge in [0.1, 0.15) is 0 Å². The van der Waals surface area contributed by atoms with Gasteiger partial charge in [-0.05, 0) is 42.5 Å². The van der Waals surface area contributed by atoms with Crippen molar-refractivity contribution in [3.05, 3.63) is 83.1 Å². The van der Waals surface area contributed by atoms with Crippen molar-refractivity contribution in [2.75, 3.05) is 6.61 Å². The largest absolute Gasteiger partial charge is 0.466 e. The van der Waals surface area contributed by atoms with Crippen LogP contribution in [0.15, 0.2) is 66.4 Å². The van der Waals surface area contributed by atoms with Crippen molar-refractivity contribution in [1.29, 1.82) is 0 Å². The minimum Gasteiger partial charge on any atom is -0.466 e. The van der Waals surface area contributed by atoms with Crippen LogP contribution in [0.4, 0.5) is 0 Å². The second-order valence-corrected chi connectivity index (χ2v) is 6.33. The zero-order chi connectivity index (χ0) is 20.4. The first-order chi connectivity index (χ1) is 13.6. The number of fused-ring (bicyclic) bond motifs is 1. The van der Waals surface area contributed by atoms with Gasteiger partial charge < -0.3 is 10.5 Å². The summed E-state index contributed by atoms with van der Waals surface area (Å²) in [5, 5.41) is 0. The quantitative estimate of drug-likeness (QED) is 0.613. The van der Waals surface area contributed by atoms with E-state index in [0.29, 0.717) is 30.7 Å². The van der Waals surface area contributed by atoms with Gasteiger partial charge in [0.05, 0.1) is 6.61 Å². The van der Waals surface area contributed by atoms with Crippen LogP contribution in [-0.2, 0) is 20.7 Å². The Morgan fingerprint density at radius 1 is 0.964 bits per heavy atom. The van der Waals surface area contributed by atoms with Gasteiger partial charge in [-0.1, -0.05) is 67.6 Å². The number of nitrogens with two attached hydrogens (primary N) is 1. The van der Waals surface area contributed by atoms with Crippen molar-refractivity contribution >= 4 is 23.4 Å². The molecule has 4 nitrogen and oxygen atoms in total. The maximum atomic E-state index is 12.2. The molecule has 2 N–H and O–H groups in total. The highest BCUT2D eigenvalue weighted by Gasteiger charge is 2.19. The fourth-order valence-electron chi connectivity index (χ4n) is 2.89. The summed E-state index contributed by atoms with van der Waals surface area (Å²) in [5.74, 6) is -0.123. The normalized spacial score (nSPS) is 13.9. The van der Waals surface area contributed by atoms with Crippen molar-refractivity contribution in [2.45, 2.75) is 33.1 Å². The summed E-state index contributed by atoms with van der Waals surface area (Å²) in [4.78, 5) is 22.4. The Hall–Kier alpha value is -3.14. The summed E-state index contributed by atoms with van der Waals surface area (Å²) in [6.07, 6.45) is 5.47. The Labute approximate surface area is 166 Å². The molecule has 0 aliphatic heterocycles. The third-order valence-corrected chi connectivity index (χ3v) is 4.33. The minimum absolute atomic E-state index is 0.000684. The molecular formula is C24H27NO3. The summed E-state index contributed by atoms with van der Waals surface area (Å²) in [5.41, 5.74) is 10.8. The maximum absolute atomic E-state index is 12.2. The predicted octanol–water partition coefficient (Wildman–Crippen LogP) is 4.54. The Balaban J connectivity index is 0.000000345. The van der Waals surface area contributed by atoms with Gasteiger partial charge in [-0.2, -0.15) is 0 Å². The van der Waals surface area contributed by atoms with Crippen LogP contribution in [-0.4, -0.2) is 18.4 Å². The molecule has 0 heterocycles. The number of allylic oxidation sites excluding steroid dienone is 3. The number of carbonyl (C=O) groups excluding carboxylic acids is 2. The number of esters is 1. The SMILES string of the molecule is CCOC(=O)CC.NC(CCc1ccccc1)=C1C(=O)C=Cc2ccccc21. The molecule has 28 heavy (non-hydrogen) atoms. The smallest absolute Gasteiger partial charge is 0.305 e. The number of carbonyl (C=O) groups is 2. The molecule has 4 heteroatoms. The van der Waals surface area contributed by atoms with E-state index in [1.165, 1.54) is 5.56 Å². The van der Waals surface area contributed by atoms with Crippen LogP contribution in [0, 0.1) is 0 Å². The number of hydrogen-bond acceptors (Lipinski definition) is 4. The molecule has 0 saturated heterocycles. The zero-order valence-electron chi connectivity index (χ0n) is 16.5. The maximum Gasteiger partial charge on any atom is 0.305 e. The highest BCUT2D eigenvalue weighted by molar-refractivity contribution is 6.30. The topological polar surface area (TPSA) is 69.4 Å². The minimum atomic E-state index is -0.123. The number of hydrogen-bond donors (Lipinski definition) is 1. The van der Waals surface area contributed by atoms with Crippen molar-refractivity contribution in [1.82, 2.24) is 0 Å². The lowest BCUT2D eigenvalue weighted by Gasteiger charge is -2.16. The first-order valence-electron chi connectivity index (χ1n) is 9.56. The molecular weight excluding hydrogens is 350 g/mol. The van der Waals surface area contributed by atoms with E-state index < -0.39 is 0 Å². The van der Waals surface area contributed by atoms with Crippen molar-refractivity contribution in [2.24, 2.45) is 5.73 Å². The molecule has 0 unspecified atom stereocenters. The molecule has 146 valence electrons. The van der Waals surface area contributed by atoms with Gasteiger partial charge >= 0.3 is 5.97 Å². The van der Waals surface area contributed by atoms with Crippen LogP contribution in [0.25, 0.3) is 11.6 Å². The molecule has 0 spiro atoms. The first-order valence-corrected chi connectivity index (χ1v) is 9.56. The van der Waals surface area contributed by atoms with Crippen molar-refractivity contribution in [3.63, 3.8) is 0 Å². The standard InChI is InChI=1S/C19H17NO.C5H10O2/c20-17(12-10-14-6-2-1-3-7-14)19-16-9-5-4-8-15(16)11-13-18(19)21;1-3-5(6)7-4-2/h1-9,11,13H,10,12,20H2;3-4H2,1-2H3. The van der Waals surface area contributed by atoms with Crippen LogP contribution in [0.1, 0.15) is 43.4 Å². The van der Waals surface area contributed by atoms with Gasteiger partial charge in [0.25, 0.3) is 0 Å². The van der Waals surface area contributed by atoms with Crippen molar-refractivity contribution < 1.29 is 14.3 Å². The van der Waals surface area contributed by atoms with Crippen LogP contribution >= 0.6 is 0 Å². The molecule has 2 aromatic carbocycles. The molecule has 2 aromatic rings. The fraction of sp³-hybridized carbons (Fsp3) is 0.250. The first kappa shape index (κ1) is 21.2. The molecule has 0 aromatic heterocycles. The molecule has 0 atom stereocenters. The third kappa shape index (κ3) is 5.95. The summed E-state index contributed by atoms with van der Waals surface area (Å²) < 4.78 is 4.55. The van der Waals surface area contributed by atoms with E-state index in [4.69, 9.17) is 5.73 Å². The van der Waals surface area contributed by atoms with E-state index in [1.807, 2.05) is 48.5 Å². The summed E-state index contributed by atoms with van der Waals surface area (Å²) in [6.45, 7) is 4.07. The summed E-state index contributed by atoms with van der Waals surface area (Å²) >= 11 is 0. The fourth-order valence-corrected chi connectivity index (χ4v) is 2.89. The lowest BCUT2D eigenvalue weighted by molar-refractivity contribution is -0.142. The molecule has 0 amide bonds. The van der Waals surface area contributed by atoms with Crippen LogP contribution in [0.3, 0.4) is 0 Å². The average molecular weight is 377 g/mol. The lowest BCUT2D eigenvalue weighted by Crippen LogP contribution is -2.13. The number of ether oxygens (including phenoxy) is 1. The average Bonchev–Trinajstić information content (AvgIpc) is 2.73. The molecule has 1 aliphatic rings. The number of rotatable bonds is 5. The summed E-state index contributed by atoms with van der Waals surface area (Å²) in [7, 11) is 0. The van der Waals surface area contributed by atoms with E-state index in [-0.39, 0.29) is 11.8 Å². The Kier molecular flexibility index (Phi) is 8.22. The van der Waals surface area contributed by atoms with Gasteiger partial charge in [-0.3, -0.25) is 9.59 Å². The highest BCUT2D eigenvalue weighted by Crippen LogP contribution is 2.29. The van der Waals surface area contributed by atoms with E-state index in [1.54, 1.807) is 19.9 Å². The predicted molar refractivity (Wildman–Crippen MR) is 113 cm³/mol.